The first kappa shape index (κ1) is 12.3. The lowest BCUT2D eigenvalue weighted by Crippen LogP contribution is -1.99. The highest BCUT2D eigenvalue weighted by Gasteiger charge is 2.10. The number of nitrogens with two attached hydrogens (primary N) is 1. The highest BCUT2D eigenvalue weighted by Crippen LogP contribution is 2.24. The molecule has 100 valence electrons. The van der Waals surface area contributed by atoms with Crippen LogP contribution in [0.2, 0.25) is 0 Å². The van der Waals surface area contributed by atoms with Gasteiger partial charge in [-0.1, -0.05) is 0 Å². The maximum Gasteiger partial charge on any atom is 0.163 e. The fourth-order valence-electron chi connectivity index (χ4n) is 1.99. The minimum absolute atomic E-state index is 0.428. The van der Waals surface area contributed by atoms with Crippen molar-refractivity contribution in [3.63, 3.8) is 0 Å². The zero-order valence-electron chi connectivity index (χ0n) is 11.3. The molecule has 3 aromatic heterocycles. The number of anilines is 1. The Morgan fingerprint density at radius 1 is 1.20 bits per heavy atom. The van der Waals surface area contributed by atoms with E-state index in [1.54, 1.807) is 29.3 Å². The number of nitrogen functional groups attached to an aromatic ring is 1. The first-order chi connectivity index (χ1) is 9.63. The van der Waals surface area contributed by atoms with E-state index in [2.05, 4.69) is 20.1 Å². The Morgan fingerprint density at radius 3 is 2.75 bits per heavy atom. The molecule has 0 atom stereocenters. The van der Waals surface area contributed by atoms with Crippen molar-refractivity contribution >= 4 is 5.82 Å². The molecule has 2 N–H and O–H groups in total. The van der Waals surface area contributed by atoms with Crippen molar-refractivity contribution in [3.05, 3.63) is 42.5 Å². The van der Waals surface area contributed by atoms with E-state index in [-0.39, 0.29) is 0 Å². The molecule has 3 rings (SSSR count). The SMILES string of the molecule is Cc1ccncc1-c1nc(N)cc(-c2cnn(C)c2)n1. The van der Waals surface area contributed by atoms with Gasteiger partial charge in [-0.15, -0.1) is 0 Å². The van der Waals surface area contributed by atoms with Crippen LogP contribution >= 0.6 is 0 Å². The van der Waals surface area contributed by atoms with Crippen molar-refractivity contribution in [2.24, 2.45) is 7.05 Å². The molecule has 6 heteroatoms. The van der Waals surface area contributed by atoms with Crippen LogP contribution in [-0.4, -0.2) is 24.7 Å². The molecule has 0 saturated heterocycles. The zero-order chi connectivity index (χ0) is 14.1. The summed E-state index contributed by atoms with van der Waals surface area (Å²) in [6.45, 7) is 1.99. The quantitative estimate of drug-likeness (QED) is 0.765. The summed E-state index contributed by atoms with van der Waals surface area (Å²) in [5.74, 6) is 1.01. The van der Waals surface area contributed by atoms with Gasteiger partial charge in [-0.3, -0.25) is 9.67 Å². The Balaban J connectivity index is 2.14. The van der Waals surface area contributed by atoms with Gasteiger partial charge in [-0.2, -0.15) is 5.10 Å². The molecule has 0 aliphatic heterocycles. The van der Waals surface area contributed by atoms with Crippen LogP contribution in [-0.2, 0) is 7.05 Å². The zero-order valence-corrected chi connectivity index (χ0v) is 11.3. The van der Waals surface area contributed by atoms with Gasteiger partial charge in [0.15, 0.2) is 5.82 Å². The van der Waals surface area contributed by atoms with Crippen LogP contribution in [0, 0.1) is 6.92 Å². The molecule has 0 aliphatic rings. The molecule has 0 spiro atoms. The van der Waals surface area contributed by atoms with Gasteiger partial charge in [-0.05, 0) is 18.6 Å². The fraction of sp³-hybridized carbons (Fsp3) is 0.143. The van der Waals surface area contributed by atoms with E-state index in [4.69, 9.17) is 5.73 Å². The molecule has 0 unspecified atom stereocenters. The third kappa shape index (κ3) is 2.23. The molecule has 3 aromatic rings. The minimum atomic E-state index is 0.428. The van der Waals surface area contributed by atoms with Crippen LogP contribution < -0.4 is 5.73 Å². The fourth-order valence-corrected chi connectivity index (χ4v) is 1.99. The third-order valence-electron chi connectivity index (χ3n) is 3.03. The second-order valence-electron chi connectivity index (χ2n) is 4.59. The van der Waals surface area contributed by atoms with Gasteiger partial charge in [-0.25, -0.2) is 9.97 Å². The third-order valence-corrected chi connectivity index (χ3v) is 3.03. The lowest BCUT2D eigenvalue weighted by molar-refractivity contribution is 0.768. The van der Waals surface area contributed by atoms with Gasteiger partial charge in [0.1, 0.15) is 5.82 Å². The van der Waals surface area contributed by atoms with Crippen molar-refractivity contribution in [1.82, 2.24) is 24.7 Å². The van der Waals surface area contributed by atoms with Gasteiger partial charge in [0.2, 0.25) is 0 Å². The highest BCUT2D eigenvalue weighted by molar-refractivity contribution is 5.67. The van der Waals surface area contributed by atoms with Crippen LogP contribution in [0.5, 0.6) is 0 Å². The number of hydrogen-bond donors (Lipinski definition) is 1. The molecular weight excluding hydrogens is 252 g/mol. The predicted octanol–water partition coefficient (Wildman–Crippen LogP) is 1.83. The second kappa shape index (κ2) is 4.73. The van der Waals surface area contributed by atoms with E-state index in [0.29, 0.717) is 11.6 Å². The van der Waals surface area contributed by atoms with Crippen LogP contribution in [0.1, 0.15) is 5.56 Å². The van der Waals surface area contributed by atoms with Crippen molar-refractivity contribution < 1.29 is 0 Å². The summed E-state index contributed by atoms with van der Waals surface area (Å²) in [6.07, 6.45) is 7.13. The number of rotatable bonds is 2. The summed E-state index contributed by atoms with van der Waals surface area (Å²) < 4.78 is 1.72. The number of nitrogens with zero attached hydrogens (tertiary/aromatic N) is 5. The Hall–Kier alpha value is -2.76. The predicted molar refractivity (Wildman–Crippen MR) is 76.6 cm³/mol. The first-order valence-electron chi connectivity index (χ1n) is 6.18. The monoisotopic (exact) mass is 266 g/mol. The van der Waals surface area contributed by atoms with Crippen LogP contribution in [0.25, 0.3) is 22.6 Å². The maximum absolute atomic E-state index is 5.89. The molecule has 0 aliphatic carbocycles. The molecule has 3 heterocycles. The Labute approximate surface area is 116 Å². The Kier molecular flexibility index (Phi) is 2.90. The molecule has 0 fully saturated rings. The van der Waals surface area contributed by atoms with Crippen molar-refractivity contribution in [1.29, 1.82) is 0 Å². The summed E-state index contributed by atoms with van der Waals surface area (Å²) in [6, 6.07) is 3.66. The van der Waals surface area contributed by atoms with E-state index in [0.717, 1.165) is 22.4 Å². The summed E-state index contributed by atoms with van der Waals surface area (Å²) in [5, 5.41) is 4.15. The van der Waals surface area contributed by atoms with Crippen molar-refractivity contribution in [2.45, 2.75) is 6.92 Å². The molecular formula is C14H14N6. The van der Waals surface area contributed by atoms with E-state index >= 15 is 0 Å². The normalized spacial score (nSPS) is 10.7. The van der Waals surface area contributed by atoms with Gasteiger partial charge in [0.05, 0.1) is 11.9 Å². The van der Waals surface area contributed by atoms with Crippen molar-refractivity contribution in [3.8, 4) is 22.6 Å². The van der Waals surface area contributed by atoms with Crippen LogP contribution in [0.3, 0.4) is 0 Å². The lowest BCUT2D eigenvalue weighted by Gasteiger charge is -2.06. The van der Waals surface area contributed by atoms with Gasteiger partial charge >= 0.3 is 0 Å². The highest BCUT2D eigenvalue weighted by atomic mass is 15.2. The summed E-state index contributed by atoms with van der Waals surface area (Å²) in [7, 11) is 1.86. The number of hydrogen-bond acceptors (Lipinski definition) is 5. The number of aryl methyl sites for hydroxylation is 2. The average molecular weight is 266 g/mol. The van der Waals surface area contributed by atoms with Crippen LogP contribution in [0.4, 0.5) is 5.82 Å². The van der Waals surface area contributed by atoms with Crippen molar-refractivity contribution in [2.75, 3.05) is 5.73 Å². The molecule has 0 bridgehead atoms. The van der Waals surface area contributed by atoms with E-state index in [9.17, 15) is 0 Å². The second-order valence-corrected chi connectivity index (χ2v) is 4.59. The van der Waals surface area contributed by atoms with Gasteiger partial charge in [0.25, 0.3) is 0 Å². The summed E-state index contributed by atoms with van der Waals surface area (Å²) in [4.78, 5) is 13.0. The molecule has 6 nitrogen and oxygen atoms in total. The Morgan fingerprint density at radius 2 is 2.05 bits per heavy atom. The molecule has 0 aromatic carbocycles. The first-order valence-corrected chi connectivity index (χ1v) is 6.18. The van der Waals surface area contributed by atoms with Gasteiger partial charge < -0.3 is 5.73 Å². The summed E-state index contributed by atoms with van der Waals surface area (Å²) >= 11 is 0. The molecule has 0 saturated carbocycles. The topological polar surface area (TPSA) is 82.5 Å². The summed E-state index contributed by atoms with van der Waals surface area (Å²) in [5.41, 5.74) is 9.49. The maximum atomic E-state index is 5.89. The smallest absolute Gasteiger partial charge is 0.163 e. The van der Waals surface area contributed by atoms with E-state index in [1.807, 2.05) is 26.2 Å². The lowest BCUT2D eigenvalue weighted by atomic mass is 10.1. The Bertz CT molecular complexity index is 762. The standard InChI is InChI=1S/C14H14N6/c1-9-3-4-16-7-11(9)14-18-12(5-13(15)19-14)10-6-17-20(2)8-10/h3-8H,1-2H3,(H2,15,18,19). The largest absolute Gasteiger partial charge is 0.384 e. The van der Waals surface area contributed by atoms with Crippen LogP contribution in [0.15, 0.2) is 36.9 Å². The molecule has 0 amide bonds. The average Bonchev–Trinajstić information content (AvgIpc) is 2.85. The number of pyridine rings is 1. The molecule has 20 heavy (non-hydrogen) atoms. The molecule has 0 radical (unpaired) electrons. The van der Waals surface area contributed by atoms with Gasteiger partial charge in [0, 0.05) is 42.8 Å². The van der Waals surface area contributed by atoms with E-state index < -0.39 is 0 Å². The minimum Gasteiger partial charge on any atom is -0.384 e. The number of aromatic nitrogens is 5. The van der Waals surface area contributed by atoms with E-state index in [1.165, 1.54) is 0 Å².